The zero-order valence-electron chi connectivity index (χ0n) is 13.2. The minimum absolute atomic E-state index is 0.225. The Morgan fingerprint density at radius 1 is 1.13 bits per heavy atom. The third kappa shape index (κ3) is 3.31. The lowest BCUT2D eigenvalue weighted by Gasteiger charge is -2.04. The molecule has 4 nitrogen and oxygen atoms in total. The third-order valence-electron chi connectivity index (χ3n) is 3.82. The van der Waals surface area contributed by atoms with E-state index in [-0.39, 0.29) is 5.91 Å². The third-order valence-corrected chi connectivity index (χ3v) is 3.82. The van der Waals surface area contributed by atoms with Crippen LogP contribution in [0, 0.1) is 0 Å². The van der Waals surface area contributed by atoms with Gasteiger partial charge in [-0.3, -0.25) is 4.79 Å². The summed E-state index contributed by atoms with van der Waals surface area (Å²) in [6.45, 7) is 4.31. The summed E-state index contributed by atoms with van der Waals surface area (Å²) in [4.78, 5) is 15.3. The summed E-state index contributed by atoms with van der Waals surface area (Å²) in [6, 6.07) is 15.8. The van der Waals surface area contributed by atoms with Crippen molar-refractivity contribution in [3.8, 4) is 0 Å². The fourth-order valence-corrected chi connectivity index (χ4v) is 2.45. The smallest absolute Gasteiger partial charge is 0.273 e. The molecule has 116 valence electrons. The fourth-order valence-electron chi connectivity index (χ4n) is 2.45. The molecular formula is C19H19N3O. The van der Waals surface area contributed by atoms with Crippen LogP contribution in [0.4, 0.5) is 0 Å². The molecule has 1 aromatic heterocycles. The molecule has 0 aliphatic carbocycles. The van der Waals surface area contributed by atoms with Crippen LogP contribution in [0.1, 0.15) is 41.3 Å². The van der Waals surface area contributed by atoms with Gasteiger partial charge in [0.05, 0.1) is 11.8 Å². The quantitative estimate of drug-likeness (QED) is 0.554. The molecule has 0 spiro atoms. The molecule has 0 fully saturated rings. The molecule has 0 saturated carbocycles. The van der Waals surface area contributed by atoms with E-state index in [0.717, 1.165) is 16.5 Å². The van der Waals surface area contributed by atoms with Gasteiger partial charge in [0.15, 0.2) is 0 Å². The Bertz CT molecular complexity index is 844. The number of benzene rings is 2. The number of para-hydroxylation sites is 1. The average Bonchev–Trinajstić information content (AvgIpc) is 2.99. The van der Waals surface area contributed by atoms with Crippen molar-refractivity contribution in [2.45, 2.75) is 19.8 Å². The SMILES string of the molecule is CC(C)c1ccc(/C=N/NC(=O)c2c[nH]c3ccccc23)cc1. The van der Waals surface area contributed by atoms with Gasteiger partial charge in [-0.1, -0.05) is 56.3 Å². The lowest BCUT2D eigenvalue weighted by Crippen LogP contribution is -2.17. The summed E-state index contributed by atoms with van der Waals surface area (Å²) in [6.07, 6.45) is 3.35. The van der Waals surface area contributed by atoms with E-state index in [1.807, 2.05) is 36.4 Å². The van der Waals surface area contributed by atoms with Gasteiger partial charge in [0.2, 0.25) is 0 Å². The van der Waals surface area contributed by atoms with Gasteiger partial charge >= 0.3 is 0 Å². The van der Waals surface area contributed by atoms with Gasteiger partial charge in [-0.05, 0) is 23.1 Å². The Morgan fingerprint density at radius 3 is 2.61 bits per heavy atom. The van der Waals surface area contributed by atoms with Crippen molar-refractivity contribution in [1.29, 1.82) is 0 Å². The second-order valence-corrected chi connectivity index (χ2v) is 5.77. The molecule has 0 aliphatic heterocycles. The van der Waals surface area contributed by atoms with Gasteiger partial charge in [0, 0.05) is 17.1 Å². The lowest BCUT2D eigenvalue weighted by molar-refractivity contribution is 0.0957. The van der Waals surface area contributed by atoms with Crippen molar-refractivity contribution in [1.82, 2.24) is 10.4 Å². The first-order valence-electron chi connectivity index (χ1n) is 7.64. The molecule has 0 atom stereocenters. The number of fused-ring (bicyclic) bond motifs is 1. The number of aromatic amines is 1. The van der Waals surface area contributed by atoms with Gasteiger partial charge in [0.25, 0.3) is 5.91 Å². The largest absolute Gasteiger partial charge is 0.360 e. The minimum Gasteiger partial charge on any atom is -0.360 e. The molecule has 0 radical (unpaired) electrons. The van der Waals surface area contributed by atoms with Crippen molar-refractivity contribution >= 4 is 23.0 Å². The maximum absolute atomic E-state index is 12.2. The first-order chi connectivity index (χ1) is 11.1. The van der Waals surface area contributed by atoms with E-state index in [2.05, 4.69) is 41.5 Å². The topological polar surface area (TPSA) is 57.2 Å². The normalized spacial score (nSPS) is 11.4. The van der Waals surface area contributed by atoms with Gasteiger partial charge in [-0.15, -0.1) is 0 Å². The lowest BCUT2D eigenvalue weighted by atomic mass is 10.0. The molecule has 0 unspecified atom stereocenters. The molecule has 2 N–H and O–H groups in total. The number of hydrazone groups is 1. The second kappa shape index (κ2) is 6.48. The molecule has 3 rings (SSSR count). The van der Waals surface area contributed by atoms with E-state index in [0.29, 0.717) is 11.5 Å². The van der Waals surface area contributed by atoms with Gasteiger partial charge in [-0.2, -0.15) is 5.10 Å². The fraction of sp³-hybridized carbons (Fsp3) is 0.158. The molecule has 1 amide bonds. The van der Waals surface area contributed by atoms with Crippen LogP contribution in [0.15, 0.2) is 59.8 Å². The molecule has 2 aromatic carbocycles. The molecule has 23 heavy (non-hydrogen) atoms. The number of hydrogen-bond acceptors (Lipinski definition) is 2. The molecular weight excluding hydrogens is 286 g/mol. The van der Waals surface area contributed by atoms with E-state index in [1.165, 1.54) is 5.56 Å². The van der Waals surface area contributed by atoms with Crippen molar-refractivity contribution in [3.05, 3.63) is 71.4 Å². The monoisotopic (exact) mass is 305 g/mol. The predicted molar refractivity (Wildman–Crippen MR) is 93.9 cm³/mol. The highest BCUT2D eigenvalue weighted by atomic mass is 16.2. The highest BCUT2D eigenvalue weighted by molar-refractivity contribution is 6.06. The van der Waals surface area contributed by atoms with Crippen LogP contribution >= 0.6 is 0 Å². The summed E-state index contributed by atoms with van der Waals surface area (Å²) in [7, 11) is 0. The Balaban J connectivity index is 1.69. The van der Waals surface area contributed by atoms with Crippen LogP contribution in [0.2, 0.25) is 0 Å². The number of rotatable bonds is 4. The number of carbonyl (C=O) groups excluding carboxylic acids is 1. The molecule has 0 aliphatic rings. The second-order valence-electron chi connectivity index (χ2n) is 5.77. The Labute approximate surface area is 135 Å². The van der Waals surface area contributed by atoms with E-state index in [1.54, 1.807) is 12.4 Å². The highest BCUT2D eigenvalue weighted by Crippen LogP contribution is 2.17. The summed E-state index contributed by atoms with van der Waals surface area (Å²) < 4.78 is 0. The highest BCUT2D eigenvalue weighted by Gasteiger charge is 2.10. The minimum atomic E-state index is -0.225. The van der Waals surface area contributed by atoms with Gasteiger partial charge in [0.1, 0.15) is 0 Å². The number of H-pyrrole nitrogens is 1. The number of amides is 1. The molecule has 0 saturated heterocycles. The zero-order valence-corrected chi connectivity index (χ0v) is 13.2. The van der Waals surface area contributed by atoms with Crippen LogP contribution in [-0.4, -0.2) is 17.1 Å². The maximum Gasteiger partial charge on any atom is 0.273 e. The Morgan fingerprint density at radius 2 is 1.87 bits per heavy atom. The van der Waals surface area contributed by atoms with E-state index in [9.17, 15) is 4.79 Å². The van der Waals surface area contributed by atoms with Crippen LogP contribution in [-0.2, 0) is 0 Å². The molecule has 1 heterocycles. The standard InChI is InChI=1S/C19H19N3O/c1-13(2)15-9-7-14(8-10-15)11-21-22-19(23)17-12-20-18-6-4-3-5-16(17)18/h3-13,20H,1-2H3,(H,22,23)/b21-11+. The van der Waals surface area contributed by atoms with Crippen molar-refractivity contribution in [2.24, 2.45) is 5.10 Å². The zero-order chi connectivity index (χ0) is 16.2. The van der Waals surface area contributed by atoms with Gasteiger partial charge in [-0.25, -0.2) is 5.43 Å². The molecule has 0 bridgehead atoms. The maximum atomic E-state index is 12.2. The number of aromatic nitrogens is 1. The Kier molecular flexibility index (Phi) is 4.24. The predicted octanol–water partition coefficient (Wildman–Crippen LogP) is 4.06. The van der Waals surface area contributed by atoms with Crippen molar-refractivity contribution in [3.63, 3.8) is 0 Å². The van der Waals surface area contributed by atoms with E-state index in [4.69, 9.17) is 0 Å². The number of nitrogens with zero attached hydrogens (tertiary/aromatic N) is 1. The van der Waals surface area contributed by atoms with Crippen molar-refractivity contribution in [2.75, 3.05) is 0 Å². The van der Waals surface area contributed by atoms with Crippen LogP contribution in [0.25, 0.3) is 10.9 Å². The molecule has 4 heteroatoms. The first kappa shape index (κ1) is 15.0. The summed E-state index contributed by atoms with van der Waals surface area (Å²) in [5.41, 5.74) is 6.34. The first-order valence-corrected chi connectivity index (χ1v) is 7.64. The number of carbonyl (C=O) groups is 1. The summed E-state index contributed by atoms with van der Waals surface area (Å²) >= 11 is 0. The van der Waals surface area contributed by atoms with Gasteiger partial charge < -0.3 is 4.98 Å². The summed E-state index contributed by atoms with van der Waals surface area (Å²) in [5.74, 6) is 0.278. The average molecular weight is 305 g/mol. The van der Waals surface area contributed by atoms with Crippen LogP contribution in [0.5, 0.6) is 0 Å². The van der Waals surface area contributed by atoms with Crippen LogP contribution in [0.3, 0.4) is 0 Å². The Hall–Kier alpha value is -2.88. The number of nitrogens with one attached hydrogen (secondary N) is 2. The molecule has 3 aromatic rings. The van der Waals surface area contributed by atoms with Crippen molar-refractivity contribution < 1.29 is 4.79 Å². The van der Waals surface area contributed by atoms with E-state index >= 15 is 0 Å². The summed E-state index contributed by atoms with van der Waals surface area (Å²) in [5, 5.41) is 4.93. The van der Waals surface area contributed by atoms with E-state index < -0.39 is 0 Å². The van der Waals surface area contributed by atoms with Crippen LogP contribution < -0.4 is 5.43 Å². The number of hydrogen-bond donors (Lipinski definition) is 2.